The lowest BCUT2D eigenvalue weighted by atomic mass is 9.92. The maximum Gasteiger partial charge on any atom is 0.164 e. The van der Waals surface area contributed by atoms with Crippen LogP contribution in [0.1, 0.15) is 28.6 Å². The van der Waals surface area contributed by atoms with Crippen LogP contribution in [0.4, 0.5) is 0 Å². The number of thiophene rings is 1. The minimum atomic E-state index is 0.0202. The minimum Gasteiger partial charge on any atom is -0.456 e. The SMILES string of the molecule is C1=Cc2c(sc3ccccc23)C(c2nc(-c3ccccc3)nc(-c3cc(-c4ccc5ccccc5c4)cc4oc5ccccc5c34)n2)C1. The van der Waals surface area contributed by atoms with Gasteiger partial charge in [0.15, 0.2) is 11.6 Å². The van der Waals surface area contributed by atoms with E-state index in [0.717, 1.165) is 56.4 Å². The summed E-state index contributed by atoms with van der Waals surface area (Å²) in [6.07, 6.45) is 5.36. The number of benzene rings is 6. The predicted molar refractivity (Wildman–Crippen MR) is 198 cm³/mol. The van der Waals surface area contributed by atoms with Gasteiger partial charge in [0.2, 0.25) is 0 Å². The molecule has 5 heteroatoms. The smallest absolute Gasteiger partial charge is 0.164 e. The fourth-order valence-electron chi connectivity index (χ4n) is 7.12. The molecular weight excluding hydrogens is 607 g/mol. The van der Waals surface area contributed by atoms with Crippen LogP contribution in [0.3, 0.4) is 0 Å². The van der Waals surface area contributed by atoms with Crippen LogP contribution in [0.2, 0.25) is 0 Å². The van der Waals surface area contributed by atoms with Crippen LogP contribution in [-0.2, 0) is 0 Å². The Bertz CT molecular complexity index is 2720. The van der Waals surface area contributed by atoms with Crippen molar-refractivity contribution in [2.45, 2.75) is 12.3 Å². The molecule has 0 bridgehead atoms. The number of hydrogen-bond acceptors (Lipinski definition) is 5. The zero-order valence-electron chi connectivity index (χ0n) is 25.8. The number of aromatic nitrogens is 3. The van der Waals surface area contributed by atoms with E-state index in [1.165, 1.54) is 31.3 Å². The molecule has 6 aromatic carbocycles. The molecule has 9 aromatic rings. The van der Waals surface area contributed by atoms with Crippen molar-refractivity contribution in [1.29, 1.82) is 0 Å². The number of rotatable bonds is 4. The van der Waals surface area contributed by atoms with Gasteiger partial charge in [0, 0.05) is 31.5 Å². The van der Waals surface area contributed by atoms with Crippen molar-refractivity contribution in [3.63, 3.8) is 0 Å². The van der Waals surface area contributed by atoms with Crippen LogP contribution in [0, 0.1) is 0 Å². The van der Waals surface area contributed by atoms with Crippen molar-refractivity contribution in [1.82, 2.24) is 15.0 Å². The fraction of sp³-hybridized carbons (Fsp3) is 0.0465. The maximum atomic E-state index is 6.53. The molecule has 0 spiro atoms. The molecule has 1 atom stereocenters. The number of allylic oxidation sites excluding steroid dienone is 1. The van der Waals surface area contributed by atoms with E-state index in [1.807, 2.05) is 41.7 Å². The van der Waals surface area contributed by atoms with Crippen LogP contribution in [-0.4, -0.2) is 15.0 Å². The van der Waals surface area contributed by atoms with Crippen LogP contribution in [0.15, 0.2) is 144 Å². The van der Waals surface area contributed by atoms with Gasteiger partial charge >= 0.3 is 0 Å². The van der Waals surface area contributed by atoms with Crippen LogP contribution in [0.25, 0.3) is 82.8 Å². The Morgan fingerprint density at radius 1 is 0.583 bits per heavy atom. The van der Waals surface area contributed by atoms with Gasteiger partial charge in [0.25, 0.3) is 0 Å². The highest BCUT2D eigenvalue weighted by molar-refractivity contribution is 7.19. The van der Waals surface area contributed by atoms with Gasteiger partial charge in [-0.05, 0) is 69.6 Å². The molecular formula is C43H27N3OS. The first-order valence-electron chi connectivity index (χ1n) is 16.2. The predicted octanol–water partition coefficient (Wildman–Crippen LogP) is 11.7. The Kier molecular flexibility index (Phi) is 6.14. The van der Waals surface area contributed by atoms with E-state index in [9.17, 15) is 0 Å². The molecule has 1 unspecified atom stereocenters. The third-order valence-corrected chi connectivity index (χ3v) is 10.7. The Balaban J connectivity index is 1.24. The molecule has 0 saturated carbocycles. The van der Waals surface area contributed by atoms with Gasteiger partial charge in [-0.15, -0.1) is 11.3 Å². The van der Waals surface area contributed by atoms with E-state index in [-0.39, 0.29) is 5.92 Å². The summed E-state index contributed by atoms with van der Waals surface area (Å²) >= 11 is 1.85. The molecule has 0 aliphatic heterocycles. The third kappa shape index (κ3) is 4.39. The molecule has 3 heterocycles. The molecule has 3 aromatic heterocycles. The lowest BCUT2D eigenvalue weighted by molar-refractivity contribution is 0.669. The van der Waals surface area contributed by atoms with Crippen LogP contribution >= 0.6 is 11.3 Å². The molecule has 4 nitrogen and oxygen atoms in total. The first-order chi connectivity index (χ1) is 23.8. The van der Waals surface area contributed by atoms with Gasteiger partial charge < -0.3 is 4.42 Å². The largest absolute Gasteiger partial charge is 0.456 e. The zero-order chi connectivity index (χ0) is 31.6. The first kappa shape index (κ1) is 27.2. The Labute approximate surface area is 280 Å². The Hall–Kier alpha value is -5.91. The summed E-state index contributed by atoms with van der Waals surface area (Å²) in [5.74, 6) is 2.13. The third-order valence-electron chi connectivity index (χ3n) is 9.43. The van der Waals surface area contributed by atoms with Crippen LogP contribution in [0.5, 0.6) is 0 Å². The molecule has 10 rings (SSSR count). The second-order valence-electron chi connectivity index (χ2n) is 12.3. The molecule has 48 heavy (non-hydrogen) atoms. The monoisotopic (exact) mass is 633 g/mol. The van der Waals surface area contributed by atoms with Gasteiger partial charge in [0.1, 0.15) is 17.0 Å². The summed E-state index contributed by atoms with van der Waals surface area (Å²) in [4.78, 5) is 17.1. The van der Waals surface area contributed by atoms with Crippen molar-refractivity contribution in [2.24, 2.45) is 0 Å². The quantitative estimate of drug-likeness (QED) is 0.193. The molecule has 226 valence electrons. The van der Waals surface area contributed by atoms with Gasteiger partial charge in [-0.1, -0.05) is 115 Å². The molecule has 0 fully saturated rings. The minimum absolute atomic E-state index is 0.0202. The second-order valence-corrected chi connectivity index (χ2v) is 13.4. The fourth-order valence-corrected chi connectivity index (χ4v) is 8.42. The van der Waals surface area contributed by atoms with Crippen molar-refractivity contribution < 1.29 is 4.42 Å². The van der Waals surface area contributed by atoms with Gasteiger partial charge in [-0.2, -0.15) is 0 Å². The van der Waals surface area contributed by atoms with E-state index >= 15 is 0 Å². The lowest BCUT2D eigenvalue weighted by Crippen LogP contribution is -2.11. The number of hydrogen-bond donors (Lipinski definition) is 0. The van der Waals surface area contributed by atoms with Gasteiger partial charge in [-0.25, -0.2) is 15.0 Å². The average Bonchev–Trinajstić information content (AvgIpc) is 3.73. The molecule has 0 amide bonds. The highest BCUT2D eigenvalue weighted by Crippen LogP contribution is 2.45. The van der Waals surface area contributed by atoms with E-state index in [1.54, 1.807) is 0 Å². The average molecular weight is 634 g/mol. The summed E-state index contributed by atoms with van der Waals surface area (Å²) in [5, 5.41) is 5.74. The van der Waals surface area contributed by atoms with E-state index < -0.39 is 0 Å². The van der Waals surface area contributed by atoms with E-state index in [4.69, 9.17) is 19.4 Å². The lowest BCUT2D eigenvalue weighted by Gasteiger charge is -2.19. The Morgan fingerprint density at radius 3 is 2.27 bits per heavy atom. The molecule has 0 radical (unpaired) electrons. The highest BCUT2D eigenvalue weighted by Gasteiger charge is 2.28. The van der Waals surface area contributed by atoms with Gasteiger partial charge in [-0.3, -0.25) is 0 Å². The number of nitrogens with zero attached hydrogens (tertiary/aromatic N) is 3. The van der Waals surface area contributed by atoms with Crippen molar-refractivity contribution in [2.75, 3.05) is 0 Å². The first-order valence-corrected chi connectivity index (χ1v) is 17.0. The molecule has 1 aliphatic rings. The second kappa shape index (κ2) is 10.8. The van der Waals surface area contributed by atoms with Crippen molar-refractivity contribution >= 4 is 60.2 Å². The van der Waals surface area contributed by atoms with Crippen molar-refractivity contribution in [3.05, 3.63) is 156 Å². The normalized spacial score (nSPS) is 14.3. The molecule has 1 aliphatic carbocycles. The summed E-state index contributed by atoms with van der Waals surface area (Å²) in [6.45, 7) is 0. The summed E-state index contributed by atoms with van der Waals surface area (Å²) in [6, 6.07) is 46.6. The summed E-state index contributed by atoms with van der Waals surface area (Å²) in [7, 11) is 0. The highest BCUT2D eigenvalue weighted by atomic mass is 32.1. The maximum absolute atomic E-state index is 6.53. The summed E-state index contributed by atoms with van der Waals surface area (Å²) < 4.78 is 7.81. The number of fused-ring (bicyclic) bond motifs is 7. The van der Waals surface area contributed by atoms with Crippen molar-refractivity contribution in [3.8, 4) is 33.9 Å². The van der Waals surface area contributed by atoms with Gasteiger partial charge in [0.05, 0.1) is 5.92 Å². The number of para-hydroxylation sites is 1. The molecule has 0 N–H and O–H groups in total. The Morgan fingerprint density at radius 2 is 1.35 bits per heavy atom. The molecule has 0 saturated heterocycles. The zero-order valence-corrected chi connectivity index (χ0v) is 26.6. The summed E-state index contributed by atoms with van der Waals surface area (Å²) in [5.41, 5.74) is 6.99. The number of furan rings is 1. The topological polar surface area (TPSA) is 51.8 Å². The van der Waals surface area contributed by atoms with E-state index in [2.05, 4.69) is 115 Å². The van der Waals surface area contributed by atoms with E-state index in [0.29, 0.717) is 11.6 Å². The standard InChI is InChI=1S/C43H27N3OS/c1-2-12-27(13-3-1)41-44-42(34-18-10-17-32-31-15-7-9-20-38(31)48-40(32)34)46-43(45-41)35-24-30(29-22-21-26-11-4-5-14-28(26)23-29)25-37-39(35)33-16-6-8-19-36(33)47-37/h1-17,19-25,34H,18H2. The van der Waals surface area contributed by atoms with Crippen LogP contribution < -0.4 is 0 Å².